The summed E-state index contributed by atoms with van der Waals surface area (Å²) < 4.78 is 13.2. The van der Waals surface area contributed by atoms with Gasteiger partial charge in [-0.05, 0) is 29.6 Å². The molecule has 0 atom stereocenters. The number of hydrogen-bond acceptors (Lipinski definition) is 3. The second-order valence-corrected chi connectivity index (χ2v) is 7.00. The first kappa shape index (κ1) is 16.9. The Kier molecular flexibility index (Phi) is 5.16. The summed E-state index contributed by atoms with van der Waals surface area (Å²) in [5, 5.41) is 1.89. The number of rotatable bonds is 3. The van der Waals surface area contributed by atoms with Crippen molar-refractivity contribution < 1.29 is 14.0 Å². The van der Waals surface area contributed by atoms with Crippen LogP contribution in [0.4, 0.5) is 4.39 Å². The van der Waals surface area contributed by atoms with Gasteiger partial charge in [0.2, 0.25) is 5.91 Å². The molecule has 1 fully saturated rings. The van der Waals surface area contributed by atoms with E-state index < -0.39 is 5.82 Å². The van der Waals surface area contributed by atoms with Gasteiger partial charge in [-0.2, -0.15) is 0 Å². The van der Waals surface area contributed by atoms with E-state index in [9.17, 15) is 14.0 Å². The minimum atomic E-state index is -0.544. The first-order valence-electron chi connectivity index (χ1n) is 7.59. The fraction of sp³-hybridized carbons (Fsp3) is 0.294. The molecule has 3 rings (SSSR count). The lowest BCUT2D eigenvalue weighted by atomic mass is 10.1. The standard InChI is InChI=1S/C17H16ClFN2O2S/c18-14-10-12(3-4-15(14)19)17(23)21-7-5-20(6-8-21)16(22)11-13-2-1-9-24-13/h1-4,9-10H,5-8,11H2. The molecule has 4 nitrogen and oxygen atoms in total. The molecule has 0 spiro atoms. The monoisotopic (exact) mass is 366 g/mol. The van der Waals surface area contributed by atoms with Crippen LogP contribution in [0, 0.1) is 5.82 Å². The molecule has 7 heteroatoms. The summed E-state index contributed by atoms with van der Waals surface area (Å²) in [5.74, 6) is -0.658. The van der Waals surface area contributed by atoms with Crippen LogP contribution in [0.1, 0.15) is 15.2 Å². The number of thiophene rings is 1. The van der Waals surface area contributed by atoms with E-state index in [1.54, 1.807) is 21.1 Å². The molecule has 24 heavy (non-hydrogen) atoms. The topological polar surface area (TPSA) is 40.6 Å². The predicted octanol–water partition coefficient (Wildman–Crippen LogP) is 3.07. The third-order valence-electron chi connectivity index (χ3n) is 3.99. The molecule has 0 unspecified atom stereocenters. The van der Waals surface area contributed by atoms with Gasteiger partial charge in [0.25, 0.3) is 5.91 Å². The zero-order valence-electron chi connectivity index (χ0n) is 12.9. The average molecular weight is 367 g/mol. The largest absolute Gasteiger partial charge is 0.339 e. The highest BCUT2D eigenvalue weighted by atomic mass is 35.5. The Balaban J connectivity index is 1.57. The number of hydrogen-bond donors (Lipinski definition) is 0. The molecule has 2 aromatic rings. The number of nitrogens with zero attached hydrogens (tertiary/aromatic N) is 2. The van der Waals surface area contributed by atoms with Crippen molar-refractivity contribution in [3.63, 3.8) is 0 Å². The average Bonchev–Trinajstić information content (AvgIpc) is 3.10. The molecule has 0 bridgehead atoms. The minimum Gasteiger partial charge on any atom is -0.339 e. The molecular weight excluding hydrogens is 351 g/mol. The van der Waals surface area contributed by atoms with Crippen molar-refractivity contribution in [3.8, 4) is 0 Å². The minimum absolute atomic E-state index is 0.0642. The van der Waals surface area contributed by atoms with Crippen LogP contribution in [-0.2, 0) is 11.2 Å². The van der Waals surface area contributed by atoms with Gasteiger partial charge in [-0.3, -0.25) is 9.59 Å². The van der Waals surface area contributed by atoms with E-state index in [1.165, 1.54) is 18.2 Å². The highest BCUT2D eigenvalue weighted by molar-refractivity contribution is 7.10. The molecule has 0 aliphatic carbocycles. The van der Waals surface area contributed by atoms with Gasteiger partial charge >= 0.3 is 0 Å². The molecule has 0 saturated carbocycles. The van der Waals surface area contributed by atoms with Crippen molar-refractivity contribution in [2.24, 2.45) is 0 Å². The van der Waals surface area contributed by atoms with Crippen molar-refractivity contribution in [3.05, 3.63) is 57.0 Å². The summed E-state index contributed by atoms with van der Waals surface area (Å²) in [6, 6.07) is 7.83. The van der Waals surface area contributed by atoms with Crippen LogP contribution in [-0.4, -0.2) is 47.8 Å². The number of carbonyl (C=O) groups excluding carboxylic acids is 2. The highest BCUT2D eigenvalue weighted by Crippen LogP contribution is 2.18. The van der Waals surface area contributed by atoms with Crippen LogP contribution >= 0.6 is 22.9 Å². The van der Waals surface area contributed by atoms with E-state index in [1.807, 2.05) is 17.5 Å². The van der Waals surface area contributed by atoms with E-state index in [2.05, 4.69) is 0 Å². The van der Waals surface area contributed by atoms with Gasteiger partial charge in [-0.1, -0.05) is 17.7 Å². The normalized spacial score (nSPS) is 14.8. The van der Waals surface area contributed by atoms with Gasteiger partial charge in [0, 0.05) is 36.6 Å². The molecule has 2 amide bonds. The second-order valence-electron chi connectivity index (χ2n) is 5.56. The fourth-order valence-electron chi connectivity index (χ4n) is 2.64. The third kappa shape index (κ3) is 3.76. The van der Waals surface area contributed by atoms with Crippen LogP contribution in [0.15, 0.2) is 35.7 Å². The predicted molar refractivity (Wildman–Crippen MR) is 91.9 cm³/mol. The third-order valence-corrected chi connectivity index (χ3v) is 5.16. The molecule has 0 N–H and O–H groups in total. The van der Waals surface area contributed by atoms with E-state index >= 15 is 0 Å². The van der Waals surface area contributed by atoms with Crippen LogP contribution < -0.4 is 0 Å². The van der Waals surface area contributed by atoms with Gasteiger partial charge in [-0.25, -0.2) is 4.39 Å². The van der Waals surface area contributed by atoms with E-state index in [-0.39, 0.29) is 16.8 Å². The molecule has 1 aliphatic rings. The quantitative estimate of drug-likeness (QED) is 0.837. The molecule has 1 aliphatic heterocycles. The Morgan fingerprint density at radius 1 is 1.12 bits per heavy atom. The van der Waals surface area contributed by atoms with Gasteiger partial charge in [-0.15, -0.1) is 11.3 Å². The van der Waals surface area contributed by atoms with Crippen molar-refractivity contribution in [1.82, 2.24) is 9.80 Å². The first-order valence-corrected chi connectivity index (χ1v) is 8.85. The van der Waals surface area contributed by atoms with E-state index in [4.69, 9.17) is 11.6 Å². The number of halogens is 2. The van der Waals surface area contributed by atoms with Gasteiger partial charge in [0.15, 0.2) is 0 Å². The van der Waals surface area contributed by atoms with Crippen molar-refractivity contribution >= 4 is 34.8 Å². The molecule has 1 saturated heterocycles. The van der Waals surface area contributed by atoms with Crippen molar-refractivity contribution in [2.75, 3.05) is 26.2 Å². The zero-order valence-corrected chi connectivity index (χ0v) is 14.4. The van der Waals surface area contributed by atoms with Gasteiger partial charge in [0.05, 0.1) is 11.4 Å². The maximum absolute atomic E-state index is 13.2. The van der Waals surface area contributed by atoms with Crippen molar-refractivity contribution in [1.29, 1.82) is 0 Å². The number of amides is 2. The SMILES string of the molecule is O=C(Cc1cccs1)N1CCN(C(=O)c2ccc(F)c(Cl)c2)CC1. The lowest BCUT2D eigenvalue weighted by Crippen LogP contribution is -2.51. The Morgan fingerprint density at radius 3 is 2.46 bits per heavy atom. The summed E-state index contributed by atoms with van der Waals surface area (Å²) in [5.41, 5.74) is 0.361. The summed E-state index contributed by atoms with van der Waals surface area (Å²) >= 11 is 7.30. The fourth-order valence-corrected chi connectivity index (χ4v) is 3.52. The Morgan fingerprint density at radius 2 is 1.83 bits per heavy atom. The summed E-state index contributed by atoms with van der Waals surface area (Å²) in [4.78, 5) is 29.2. The molecule has 0 radical (unpaired) electrons. The summed E-state index contributed by atoms with van der Waals surface area (Å²) in [6.07, 6.45) is 0.402. The second kappa shape index (κ2) is 7.32. The maximum atomic E-state index is 13.2. The van der Waals surface area contributed by atoms with E-state index in [0.29, 0.717) is 38.2 Å². The summed E-state index contributed by atoms with van der Waals surface area (Å²) in [7, 11) is 0. The molecule has 126 valence electrons. The Hall–Kier alpha value is -1.92. The Bertz CT molecular complexity index is 743. The van der Waals surface area contributed by atoms with E-state index in [0.717, 1.165) is 4.88 Å². The molecule has 1 aromatic heterocycles. The lowest BCUT2D eigenvalue weighted by Gasteiger charge is -2.34. The molecule has 2 heterocycles. The van der Waals surface area contributed by atoms with Gasteiger partial charge < -0.3 is 9.80 Å². The van der Waals surface area contributed by atoms with Crippen LogP contribution in [0.5, 0.6) is 0 Å². The van der Waals surface area contributed by atoms with Crippen LogP contribution in [0.25, 0.3) is 0 Å². The maximum Gasteiger partial charge on any atom is 0.254 e. The smallest absolute Gasteiger partial charge is 0.254 e. The lowest BCUT2D eigenvalue weighted by molar-refractivity contribution is -0.131. The Labute approximate surface area is 148 Å². The first-order chi connectivity index (χ1) is 11.5. The molecular formula is C17H16ClFN2O2S. The van der Waals surface area contributed by atoms with Crippen LogP contribution in [0.3, 0.4) is 0 Å². The zero-order chi connectivity index (χ0) is 17.1. The number of benzene rings is 1. The molecule has 1 aromatic carbocycles. The number of carbonyl (C=O) groups is 2. The van der Waals surface area contributed by atoms with Crippen molar-refractivity contribution in [2.45, 2.75) is 6.42 Å². The summed E-state index contributed by atoms with van der Waals surface area (Å²) in [6.45, 7) is 1.93. The highest BCUT2D eigenvalue weighted by Gasteiger charge is 2.25. The van der Waals surface area contributed by atoms with Gasteiger partial charge in [0.1, 0.15) is 5.82 Å². The van der Waals surface area contributed by atoms with Crippen LogP contribution in [0.2, 0.25) is 5.02 Å². The number of piperazine rings is 1.